The predicted molar refractivity (Wildman–Crippen MR) is 92.4 cm³/mol. The van der Waals surface area contributed by atoms with Gasteiger partial charge in [0.05, 0.1) is 18.8 Å². The molecule has 1 rings (SSSR count). The van der Waals surface area contributed by atoms with Crippen LogP contribution in [-0.2, 0) is 4.74 Å². The number of aryl methyl sites for hydroxylation is 1. The van der Waals surface area contributed by atoms with Crippen LogP contribution in [0.5, 0.6) is 0 Å². The van der Waals surface area contributed by atoms with Crippen LogP contribution in [0, 0.1) is 12.3 Å². The molecule has 1 aromatic carbocycles. The van der Waals surface area contributed by atoms with Crippen LogP contribution in [0.1, 0.15) is 44.4 Å². The summed E-state index contributed by atoms with van der Waals surface area (Å²) in [6.45, 7) is 9.04. The Morgan fingerprint density at radius 2 is 1.96 bits per heavy atom. The molecular weight excluding hydrogens is 292 g/mol. The van der Waals surface area contributed by atoms with Gasteiger partial charge >= 0.3 is 6.03 Å². The van der Waals surface area contributed by atoms with E-state index in [9.17, 15) is 9.90 Å². The predicted octanol–water partition coefficient (Wildman–Crippen LogP) is 2.78. The average molecular weight is 322 g/mol. The van der Waals surface area contributed by atoms with E-state index in [0.717, 1.165) is 11.1 Å². The number of hydrogen-bond donors (Lipinski definition) is 3. The maximum absolute atomic E-state index is 12.2. The molecule has 0 saturated carbocycles. The lowest BCUT2D eigenvalue weighted by molar-refractivity contribution is 0.0598. The standard InChI is InChI=1S/C18H30N2O3/c1-13-8-6-7-9-15(13)16(18(2,3)4)20-17(22)19-11-10-14(21)12-23-5/h6-9,14,16,21H,10-12H2,1-5H3,(H2,19,20,22). The van der Waals surface area contributed by atoms with Gasteiger partial charge in [0.25, 0.3) is 0 Å². The lowest BCUT2D eigenvalue weighted by atomic mass is 9.81. The number of hydrogen-bond acceptors (Lipinski definition) is 3. The second-order valence-corrected chi connectivity index (χ2v) is 6.95. The van der Waals surface area contributed by atoms with Crippen LogP contribution in [-0.4, -0.2) is 37.5 Å². The number of ether oxygens (including phenoxy) is 1. The summed E-state index contributed by atoms with van der Waals surface area (Å²) >= 11 is 0. The maximum Gasteiger partial charge on any atom is 0.315 e. The van der Waals surface area contributed by atoms with Crippen molar-refractivity contribution in [1.29, 1.82) is 0 Å². The van der Waals surface area contributed by atoms with Crippen molar-refractivity contribution >= 4 is 6.03 Å². The number of methoxy groups -OCH3 is 1. The molecule has 23 heavy (non-hydrogen) atoms. The third-order valence-electron chi connectivity index (χ3n) is 3.76. The number of amides is 2. The van der Waals surface area contributed by atoms with Crippen LogP contribution in [0.25, 0.3) is 0 Å². The lowest BCUT2D eigenvalue weighted by Gasteiger charge is -2.33. The molecule has 0 aliphatic rings. The van der Waals surface area contributed by atoms with Gasteiger partial charge in [0.1, 0.15) is 0 Å². The van der Waals surface area contributed by atoms with Gasteiger partial charge in [-0.25, -0.2) is 4.79 Å². The summed E-state index contributed by atoms with van der Waals surface area (Å²) in [7, 11) is 1.54. The van der Waals surface area contributed by atoms with E-state index in [1.54, 1.807) is 7.11 Å². The molecule has 130 valence electrons. The second kappa shape index (κ2) is 8.89. The van der Waals surface area contributed by atoms with Crippen molar-refractivity contribution in [3.63, 3.8) is 0 Å². The Morgan fingerprint density at radius 3 is 2.52 bits per heavy atom. The van der Waals surface area contributed by atoms with Gasteiger partial charge in [0.2, 0.25) is 0 Å². The van der Waals surface area contributed by atoms with Gasteiger partial charge in [-0.15, -0.1) is 0 Å². The average Bonchev–Trinajstić information content (AvgIpc) is 2.45. The van der Waals surface area contributed by atoms with Crippen LogP contribution < -0.4 is 10.6 Å². The first-order chi connectivity index (χ1) is 10.8. The van der Waals surface area contributed by atoms with E-state index in [4.69, 9.17) is 4.74 Å². The molecule has 0 aliphatic heterocycles. The minimum atomic E-state index is -0.560. The second-order valence-electron chi connectivity index (χ2n) is 6.95. The summed E-state index contributed by atoms with van der Waals surface area (Å²) in [6.07, 6.45) is -0.0960. The number of carbonyl (C=O) groups is 1. The molecule has 0 bridgehead atoms. The number of aliphatic hydroxyl groups is 1. The molecule has 2 unspecified atom stereocenters. The number of benzene rings is 1. The summed E-state index contributed by atoms with van der Waals surface area (Å²) in [4.78, 5) is 12.2. The first-order valence-electron chi connectivity index (χ1n) is 8.02. The molecule has 0 aromatic heterocycles. The van der Waals surface area contributed by atoms with E-state index in [2.05, 4.69) is 44.4 Å². The Balaban J connectivity index is 2.65. The van der Waals surface area contributed by atoms with Crippen molar-refractivity contribution in [2.75, 3.05) is 20.3 Å². The molecule has 0 heterocycles. The zero-order valence-electron chi connectivity index (χ0n) is 14.8. The van der Waals surface area contributed by atoms with Crippen molar-refractivity contribution in [2.45, 2.75) is 46.3 Å². The van der Waals surface area contributed by atoms with Crippen LogP contribution in [0.4, 0.5) is 4.79 Å². The SMILES string of the molecule is COCC(O)CCNC(=O)NC(c1ccccc1C)C(C)(C)C. The fraction of sp³-hybridized carbons (Fsp3) is 0.611. The highest BCUT2D eigenvalue weighted by atomic mass is 16.5. The molecular formula is C18H30N2O3. The van der Waals surface area contributed by atoms with E-state index < -0.39 is 6.10 Å². The number of carbonyl (C=O) groups excluding carboxylic acids is 1. The third kappa shape index (κ3) is 6.59. The van der Waals surface area contributed by atoms with Gasteiger partial charge in [-0.2, -0.15) is 0 Å². The largest absolute Gasteiger partial charge is 0.391 e. The number of rotatable bonds is 7. The number of nitrogens with one attached hydrogen (secondary N) is 2. The van der Waals surface area contributed by atoms with E-state index >= 15 is 0 Å². The van der Waals surface area contributed by atoms with Gasteiger partial charge in [-0.05, 0) is 29.9 Å². The van der Waals surface area contributed by atoms with Crippen LogP contribution >= 0.6 is 0 Å². The zero-order valence-corrected chi connectivity index (χ0v) is 14.8. The van der Waals surface area contributed by atoms with Crippen molar-refractivity contribution in [3.05, 3.63) is 35.4 Å². The highest BCUT2D eigenvalue weighted by Crippen LogP contribution is 2.34. The molecule has 2 atom stereocenters. The van der Waals surface area contributed by atoms with Gasteiger partial charge in [0, 0.05) is 13.7 Å². The molecule has 0 aliphatic carbocycles. The third-order valence-corrected chi connectivity index (χ3v) is 3.76. The highest BCUT2D eigenvalue weighted by Gasteiger charge is 2.28. The van der Waals surface area contributed by atoms with Crippen molar-refractivity contribution in [3.8, 4) is 0 Å². The quantitative estimate of drug-likeness (QED) is 0.723. The van der Waals surface area contributed by atoms with Crippen LogP contribution in [0.15, 0.2) is 24.3 Å². The number of aliphatic hydroxyl groups excluding tert-OH is 1. The monoisotopic (exact) mass is 322 g/mol. The van der Waals surface area contributed by atoms with Gasteiger partial charge in [-0.1, -0.05) is 45.0 Å². The molecule has 3 N–H and O–H groups in total. The summed E-state index contributed by atoms with van der Waals surface area (Å²) in [5.74, 6) is 0. The smallest absolute Gasteiger partial charge is 0.315 e. The Hall–Kier alpha value is -1.59. The van der Waals surface area contributed by atoms with E-state index in [0.29, 0.717) is 13.0 Å². The summed E-state index contributed by atoms with van der Waals surface area (Å²) in [5, 5.41) is 15.4. The molecule has 2 amide bonds. The first kappa shape index (κ1) is 19.5. The minimum Gasteiger partial charge on any atom is -0.391 e. The molecule has 0 radical (unpaired) electrons. The van der Waals surface area contributed by atoms with Gasteiger partial charge in [-0.3, -0.25) is 0 Å². The van der Waals surface area contributed by atoms with Crippen molar-refractivity contribution in [1.82, 2.24) is 10.6 Å². The van der Waals surface area contributed by atoms with Gasteiger partial charge < -0.3 is 20.5 Å². The summed E-state index contributed by atoms with van der Waals surface area (Å²) in [5.41, 5.74) is 2.16. The first-order valence-corrected chi connectivity index (χ1v) is 8.02. The molecule has 0 spiro atoms. The molecule has 0 fully saturated rings. The Bertz CT molecular complexity index is 497. The minimum absolute atomic E-state index is 0.0902. The van der Waals surface area contributed by atoms with Crippen LogP contribution in [0.2, 0.25) is 0 Å². The molecule has 5 heteroatoms. The molecule has 5 nitrogen and oxygen atoms in total. The lowest BCUT2D eigenvalue weighted by Crippen LogP contribution is -2.43. The highest BCUT2D eigenvalue weighted by molar-refractivity contribution is 5.74. The Morgan fingerprint density at radius 1 is 1.30 bits per heavy atom. The Labute approximate surface area is 139 Å². The van der Waals surface area contributed by atoms with Gasteiger partial charge in [0.15, 0.2) is 0 Å². The molecule has 1 aromatic rings. The fourth-order valence-corrected chi connectivity index (χ4v) is 2.48. The maximum atomic E-state index is 12.2. The summed E-state index contributed by atoms with van der Waals surface area (Å²) in [6, 6.07) is 7.77. The van der Waals surface area contributed by atoms with Crippen molar-refractivity contribution < 1.29 is 14.6 Å². The topological polar surface area (TPSA) is 70.6 Å². The normalized spacial score (nSPS) is 14.2. The van der Waals surface area contributed by atoms with Crippen LogP contribution in [0.3, 0.4) is 0 Å². The zero-order chi connectivity index (χ0) is 17.5. The Kier molecular flexibility index (Phi) is 7.52. The summed E-state index contributed by atoms with van der Waals surface area (Å²) < 4.78 is 4.86. The van der Waals surface area contributed by atoms with E-state index in [1.807, 2.05) is 18.2 Å². The van der Waals surface area contributed by atoms with E-state index in [1.165, 1.54) is 0 Å². The molecule has 0 saturated heterocycles. The van der Waals surface area contributed by atoms with Crippen molar-refractivity contribution in [2.24, 2.45) is 5.41 Å². The number of urea groups is 1. The fourth-order valence-electron chi connectivity index (χ4n) is 2.48. The van der Waals surface area contributed by atoms with E-state index in [-0.39, 0.29) is 24.1 Å².